The molecule has 3 heteroatoms. The molecule has 1 heterocycles. The molecule has 150 valence electrons. The molecule has 0 radical (unpaired) electrons. The van der Waals surface area contributed by atoms with Gasteiger partial charge in [0.1, 0.15) is 17.6 Å². The fourth-order valence-corrected chi connectivity index (χ4v) is 4.32. The normalized spacial score (nSPS) is 20.3. The molecule has 1 N–H and O–H groups in total. The molecule has 0 bridgehead atoms. The minimum Gasteiger partial charge on any atom is -0.303 e. The third kappa shape index (κ3) is 6.75. The van der Waals surface area contributed by atoms with Gasteiger partial charge < -0.3 is 5.31 Å². The van der Waals surface area contributed by atoms with Gasteiger partial charge in [-0.3, -0.25) is 0 Å². The van der Waals surface area contributed by atoms with Crippen molar-refractivity contribution >= 4 is 16.1 Å². The lowest BCUT2D eigenvalue weighted by molar-refractivity contribution is 0.574. The van der Waals surface area contributed by atoms with Crippen LogP contribution in [-0.4, -0.2) is 16.1 Å². The molecule has 2 aromatic carbocycles. The van der Waals surface area contributed by atoms with Crippen LogP contribution in [0.15, 0.2) is 48.5 Å². The van der Waals surface area contributed by atoms with E-state index in [2.05, 4.69) is 111 Å². The largest absolute Gasteiger partial charge is 0.303 e. The number of rotatable bonds is 2. The lowest BCUT2D eigenvalue weighted by Gasteiger charge is -2.15. The van der Waals surface area contributed by atoms with E-state index in [9.17, 15) is 0 Å². The van der Waals surface area contributed by atoms with Gasteiger partial charge in [0.15, 0.2) is 0 Å². The molecular formula is C26H33NSi2. The van der Waals surface area contributed by atoms with Gasteiger partial charge in [-0.15, -0.1) is 11.1 Å². The van der Waals surface area contributed by atoms with E-state index in [1.807, 2.05) is 0 Å². The van der Waals surface area contributed by atoms with Crippen molar-refractivity contribution in [1.82, 2.24) is 5.31 Å². The zero-order chi connectivity index (χ0) is 21.9. The number of benzene rings is 2. The molecule has 2 unspecified atom stereocenters. The highest BCUT2D eigenvalue weighted by Crippen LogP contribution is 2.34. The number of hydrogen-bond acceptors (Lipinski definition) is 1. The van der Waals surface area contributed by atoms with Gasteiger partial charge in [-0.25, -0.2) is 0 Å². The van der Waals surface area contributed by atoms with Crippen LogP contribution in [0.4, 0.5) is 0 Å². The molecule has 2 aromatic rings. The summed E-state index contributed by atoms with van der Waals surface area (Å²) >= 11 is 0. The van der Waals surface area contributed by atoms with Crippen LogP contribution in [0.25, 0.3) is 0 Å². The molecule has 0 saturated carbocycles. The Labute approximate surface area is 180 Å². The molecule has 0 spiro atoms. The van der Waals surface area contributed by atoms with Crippen molar-refractivity contribution in [3.05, 3.63) is 70.8 Å². The first-order chi connectivity index (χ1) is 14.0. The quantitative estimate of drug-likeness (QED) is 0.447. The van der Waals surface area contributed by atoms with Gasteiger partial charge >= 0.3 is 0 Å². The Morgan fingerprint density at radius 3 is 1.34 bits per heavy atom. The first-order valence-corrected chi connectivity index (χ1v) is 17.6. The molecule has 0 aromatic heterocycles. The van der Waals surface area contributed by atoms with Crippen LogP contribution in [0.3, 0.4) is 0 Å². The summed E-state index contributed by atoms with van der Waals surface area (Å²) in [6, 6.07) is 17.3. The molecule has 1 saturated heterocycles. The summed E-state index contributed by atoms with van der Waals surface area (Å²) in [4.78, 5) is 0. The Balaban J connectivity index is 1.70. The summed E-state index contributed by atoms with van der Waals surface area (Å²) in [5, 5.41) is 1.78. The number of hydrogen-bond donors (Lipinski definition) is 1. The van der Waals surface area contributed by atoms with E-state index in [0.717, 1.165) is 24.0 Å². The maximum absolute atomic E-state index is 8.74. The Kier molecular flexibility index (Phi) is 6.11. The SMILES string of the molecule is [2H]N1C(c2ccc(C#C[Si](C)(C)C)cc2)CCC1c1ccc(C#C[Si](C)(C)C)cc1. The Bertz CT molecular complexity index is 907. The van der Waals surface area contributed by atoms with Crippen LogP contribution < -0.4 is 5.31 Å². The number of nitrogens with one attached hydrogen (secondary N) is 1. The topological polar surface area (TPSA) is 12.0 Å². The van der Waals surface area contributed by atoms with Crippen molar-refractivity contribution in [3.63, 3.8) is 0 Å². The maximum Gasteiger partial charge on any atom is 0.129 e. The molecule has 1 nitrogen and oxygen atoms in total. The fourth-order valence-electron chi connectivity index (χ4n) is 3.28. The first-order valence-electron chi connectivity index (χ1n) is 11.0. The van der Waals surface area contributed by atoms with Gasteiger partial charge in [0.05, 0.1) is 0 Å². The van der Waals surface area contributed by atoms with E-state index in [4.69, 9.17) is 1.41 Å². The standard InChI is InChI=1S/C26H33NSi2/c1-28(2,3)19-17-21-7-11-23(12-8-21)25-15-16-26(27-25)24-13-9-22(10-14-24)18-20-29(4,5)6/h7-14,25-27H,15-16H2,1-6H3/i/hD. The molecule has 0 aliphatic carbocycles. The highest BCUT2D eigenvalue weighted by molar-refractivity contribution is 6.84. The van der Waals surface area contributed by atoms with Gasteiger partial charge in [-0.05, 0) is 48.2 Å². The van der Waals surface area contributed by atoms with E-state index in [0.29, 0.717) is 0 Å². The van der Waals surface area contributed by atoms with E-state index >= 15 is 0 Å². The van der Waals surface area contributed by atoms with Crippen molar-refractivity contribution in [2.45, 2.75) is 64.2 Å². The van der Waals surface area contributed by atoms with Crippen molar-refractivity contribution in [1.29, 1.82) is 0 Å². The van der Waals surface area contributed by atoms with Crippen LogP contribution in [0.1, 0.15) is 47.2 Å². The van der Waals surface area contributed by atoms with Crippen LogP contribution in [-0.2, 0) is 0 Å². The summed E-state index contributed by atoms with van der Waals surface area (Å²) in [5.41, 5.74) is 11.4. The second-order valence-electron chi connectivity index (χ2n) is 10.0. The molecule has 3 rings (SSSR count). The highest BCUT2D eigenvalue weighted by Gasteiger charge is 2.25. The van der Waals surface area contributed by atoms with Gasteiger partial charge in [0.2, 0.25) is 0 Å². The lowest BCUT2D eigenvalue weighted by atomic mass is 10.0. The van der Waals surface area contributed by atoms with Crippen LogP contribution in [0, 0.1) is 22.9 Å². The second-order valence-corrected chi connectivity index (χ2v) is 19.5. The van der Waals surface area contributed by atoms with E-state index < -0.39 is 16.1 Å². The molecule has 0 amide bonds. The molecular weight excluding hydrogens is 382 g/mol. The third-order valence-electron chi connectivity index (χ3n) is 4.83. The van der Waals surface area contributed by atoms with Crippen LogP contribution in [0.5, 0.6) is 0 Å². The van der Waals surface area contributed by atoms with Gasteiger partial charge in [-0.2, -0.15) is 0 Å². The minimum atomic E-state index is -1.36. The Morgan fingerprint density at radius 1 is 0.690 bits per heavy atom. The maximum atomic E-state index is 8.74. The predicted molar refractivity (Wildman–Crippen MR) is 131 cm³/mol. The van der Waals surface area contributed by atoms with Gasteiger partial charge in [-0.1, -0.05) is 75.4 Å². The fraction of sp³-hybridized carbons (Fsp3) is 0.385. The van der Waals surface area contributed by atoms with Crippen LogP contribution in [0.2, 0.25) is 40.7 Å². The molecule has 1 fully saturated rings. The lowest BCUT2D eigenvalue weighted by Crippen LogP contribution is -2.17. The monoisotopic (exact) mass is 416 g/mol. The predicted octanol–water partition coefficient (Wildman–Crippen LogP) is 6.31. The average Bonchev–Trinajstić information content (AvgIpc) is 3.06. The Morgan fingerprint density at radius 2 is 1.03 bits per heavy atom. The summed E-state index contributed by atoms with van der Waals surface area (Å²) in [6.07, 6.45) is 2.01. The molecule has 29 heavy (non-hydrogen) atoms. The highest BCUT2D eigenvalue weighted by atomic mass is 28.3. The van der Waals surface area contributed by atoms with Gasteiger partial charge in [0, 0.05) is 23.2 Å². The van der Waals surface area contributed by atoms with E-state index in [-0.39, 0.29) is 12.1 Å². The van der Waals surface area contributed by atoms with Crippen molar-refractivity contribution in [3.8, 4) is 22.9 Å². The van der Waals surface area contributed by atoms with E-state index in [1.165, 1.54) is 11.1 Å². The minimum absolute atomic E-state index is 0.139. The van der Waals surface area contributed by atoms with Gasteiger partial charge in [0.25, 0.3) is 0 Å². The molecule has 2 atom stereocenters. The zero-order valence-corrected chi connectivity index (χ0v) is 20.6. The summed E-state index contributed by atoms with van der Waals surface area (Å²) in [7, 11) is -2.72. The molecule has 1 aliphatic heterocycles. The summed E-state index contributed by atoms with van der Waals surface area (Å²) in [5.74, 6) is 6.63. The smallest absolute Gasteiger partial charge is 0.129 e. The van der Waals surface area contributed by atoms with Crippen molar-refractivity contribution in [2.75, 3.05) is 0 Å². The third-order valence-corrected chi connectivity index (χ3v) is 6.58. The summed E-state index contributed by atoms with van der Waals surface area (Å²) in [6.45, 7) is 13.6. The van der Waals surface area contributed by atoms with Crippen LogP contribution >= 0.6 is 0 Å². The Hall–Kier alpha value is -2.05. The first kappa shape index (κ1) is 20.2. The molecule has 1 aliphatic rings. The van der Waals surface area contributed by atoms with Crippen molar-refractivity contribution in [2.24, 2.45) is 0 Å². The zero-order valence-electron chi connectivity index (χ0n) is 19.6. The average molecular weight is 417 g/mol. The van der Waals surface area contributed by atoms with E-state index in [1.54, 1.807) is 5.31 Å². The summed E-state index contributed by atoms with van der Waals surface area (Å²) < 4.78 is 8.74. The van der Waals surface area contributed by atoms with Crippen molar-refractivity contribution < 1.29 is 1.41 Å². The second kappa shape index (κ2) is 8.76.